The first-order chi connectivity index (χ1) is 16.4. The van der Waals surface area contributed by atoms with Gasteiger partial charge >= 0.3 is 6.03 Å². The summed E-state index contributed by atoms with van der Waals surface area (Å²) in [6.07, 6.45) is 5.20. The third kappa shape index (κ3) is 4.17. The lowest BCUT2D eigenvalue weighted by molar-refractivity contribution is 0.102. The summed E-state index contributed by atoms with van der Waals surface area (Å²) < 4.78 is 0. The Morgan fingerprint density at radius 3 is 2.50 bits per heavy atom. The average molecular weight is 477 g/mol. The lowest BCUT2D eigenvalue weighted by Gasteiger charge is -2.35. The summed E-state index contributed by atoms with van der Waals surface area (Å²) >= 11 is 5.93. The van der Waals surface area contributed by atoms with E-state index in [4.69, 9.17) is 17.3 Å². The summed E-state index contributed by atoms with van der Waals surface area (Å²) in [5, 5.41) is 3.52. The molecule has 174 valence electrons. The lowest BCUT2D eigenvalue weighted by atomic mass is 9.76. The Morgan fingerprint density at radius 2 is 1.76 bits per heavy atom. The van der Waals surface area contributed by atoms with E-state index in [-0.39, 0.29) is 17.4 Å². The van der Waals surface area contributed by atoms with Crippen LogP contribution in [-0.2, 0) is 0 Å². The predicted octanol–water partition coefficient (Wildman–Crippen LogP) is 4.10. The molecule has 1 spiro atoms. The standard InChI is InChI=1S/C25H25ClN6O2/c26-19-7-5-17(6-8-19)22(33)30-20-4-1-3-18(15-20)21-25(10-14-32(21)23(27)34)9-13-31(16-25)24-28-11-2-12-29-24/h1-8,11-12,15,21H,9-10,13-14,16H2,(H2,27,34)(H,30,33). The van der Waals surface area contributed by atoms with Gasteiger partial charge in [0.15, 0.2) is 0 Å². The maximum atomic E-state index is 12.7. The topological polar surface area (TPSA) is 104 Å². The molecule has 0 radical (unpaired) electrons. The van der Waals surface area contributed by atoms with Crippen molar-refractivity contribution in [3.8, 4) is 0 Å². The molecule has 34 heavy (non-hydrogen) atoms. The first-order valence-corrected chi connectivity index (χ1v) is 11.6. The number of hydrogen-bond donors (Lipinski definition) is 2. The minimum Gasteiger partial charge on any atom is -0.351 e. The molecule has 2 aromatic carbocycles. The molecule has 1 aromatic heterocycles. The second kappa shape index (κ2) is 8.95. The summed E-state index contributed by atoms with van der Waals surface area (Å²) in [6.45, 7) is 2.12. The molecule has 3 aromatic rings. The van der Waals surface area contributed by atoms with Crippen molar-refractivity contribution in [2.24, 2.45) is 11.1 Å². The number of nitrogens with two attached hydrogens (primary N) is 1. The number of rotatable bonds is 4. The Kier molecular flexibility index (Phi) is 5.83. The number of urea groups is 1. The second-order valence-electron chi connectivity index (χ2n) is 8.85. The summed E-state index contributed by atoms with van der Waals surface area (Å²) in [4.78, 5) is 37.8. The van der Waals surface area contributed by atoms with Gasteiger partial charge in [0.25, 0.3) is 5.91 Å². The third-order valence-electron chi connectivity index (χ3n) is 6.81. The van der Waals surface area contributed by atoms with E-state index >= 15 is 0 Å². The van der Waals surface area contributed by atoms with Gasteiger partial charge in [0, 0.05) is 53.7 Å². The van der Waals surface area contributed by atoms with Gasteiger partial charge < -0.3 is 20.9 Å². The van der Waals surface area contributed by atoms with Gasteiger partial charge in [-0.3, -0.25) is 4.79 Å². The van der Waals surface area contributed by atoms with Crippen molar-refractivity contribution >= 4 is 35.2 Å². The quantitative estimate of drug-likeness (QED) is 0.589. The molecule has 8 nitrogen and oxygen atoms in total. The molecule has 0 bridgehead atoms. The van der Waals surface area contributed by atoms with Gasteiger partial charge in [0.1, 0.15) is 0 Å². The van der Waals surface area contributed by atoms with Gasteiger partial charge in [-0.25, -0.2) is 14.8 Å². The molecule has 3 N–H and O–H groups in total. The number of nitrogens with zero attached hydrogens (tertiary/aromatic N) is 4. The monoisotopic (exact) mass is 476 g/mol. The van der Waals surface area contributed by atoms with E-state index in [0.29, 0.717) is 28.8 Å². The first kappa shape index (κ1) is 22.2. The van der Waals surface area contributed by atoms with Gasteiger partial charge in [0.05, 0.1) is 6.04 Å². The highest BCUT2D eigenvalue weighted by Crippen LogP contribution is 2.53. The number of aromatic nitrogens is 2. The predicted molar refractivity (Wildman–Crippen MR) is 131 cm³/mol. The summed E-state index contributed by atoms with van der Waals surface area (Å²) in [5.74, 6) is 0.467. The van der Waals surface area contributed by atoms with Crippen molar-refractivity contribution in [2.75, 3.05) is 29.9 Å². The van der Waals surface area contributed by atoms with Gasteiger partial charge in [-0.1, -0.05) is 23.7 Å². The minimum absolute atomic E-state index is 0.174. The number of carbonyl (C=O) groups excluding carboxylic acids is 2. The van der Waals surface area contributed by atoms with Gasteiger partial charge in [-0.15, -0.1) is 0 Å². The molecule has 0 aliphatic carbocycles. The molecule has 2 aliphatic rings. The minimum atomic E-state index is -0.438. The second-order valence-corrected chi connectivity index (χ2v) is 9.29. The van der Waals surface area contributed by atoms with Crippen LogP contribution in [0.3, 0.4) is 0 Å². The summed E-state index contributed by atoms with van der Waals surface area (Å²) in [7, 11) is 0. The fourth-order valence-corrected chi connectivity index (χ4v) is 5.38. The van der Waals surface area contributed by atoms with Crippen molar-refractivity contribution in [2.45, 2.75) is 18.9 Å². The van der Waals surface area contributed by atoms with Crippen LogP contribution in [0.5, 0.6) is 0 Å². The number of primary amides is 1. The highest BCUT2D eigenvalue weighted by molar-refractivity contribution is 6.30. The largest absolute Gasteiger partial charge is 0.351 e. The van der Waals surface area contributed by atoms with Crippen molar-refractivity contribution in [1.29, 1.82) is 0 Å². The number of carbonyl (C=O) groups is 2. The molecule has 3 amide bonds. The van der Waals surface area contributed by atoms with E-state index in [1.165, 1.54) is 0 Å². The van der Waals surface area contributed by atoms with Crippen molar-refractivity contribution in [1.82, 2.24) is 14.9 Å². The van der Waals surface area contributed by atoms with Crippen LogP contribution in [0.1, 0.15) is 34.8 Å². The molecule has 2 fully saturated rings. The highest BCUT2D eigenvalue weighted by Gasteiger charge is 2.53. The van der Waals surface area contributed by atoms with E-state index in [1.807, 2.05) is 24.3 Å². The number of likely N-dealkylation sites (tertiary alicyclic amines) is 1. The van der Waals surface area contributed by atoms with Crippen LogP contribution in [0.25, 0.3) is 0 Å². The zero-order chi connectivity index (χ0) is 23.7. The number of anilines is 2. The smallest absolute Gasteiger partial charge is 0.315 e. The highest BCUT2D eigenvalue weighted by atomic mass is 35.5. The Balaban J connectivity index is 1.42. The maximum absolute atomic E-state index is 12.7. The zero-order valence-corrected chi connectivity index (χ0v) is 19.3. The maximum Gasteiger partial charge on any atom is 0.315 e. The fourth-order valence-electron chi connectivity index (χ4n) is 5.25. The van der Waals surface area contributed by atoms with Crippen molar-refractivity contribution in [3.63, 3.8) is 0 Å². The zero-order valence-electron chi connectivity index (χ0n) is 18.5. The molecule has 5 rings (SSSR count). The number of benzene rings is 2. The van der Waals surface area contributed by atoms with E-state index < -0.39 is 6.03 Å². The van der Waals surface area contributed by atoms with Crippen LogP contribution in [0.4, 0.5) is 16.4 Å². The van der Waals surface area contributed by atoms with Gasteiger partial charge in [0.2, 0.25) is 5.95 Å². The normalized spacial score (nSPS) is 21.7. The van der Waals surface area contributed by atoms with Crippen molar-refractivity contribution < 1.29 is 9.59 Å². The molecule has 9 heteroatoms. The SMILES string of the molecule is NC(=O)N1CCC2(CCN(c3ncccn3)C2)C1c1cccc(NC(=O)c2ccc(Cl)cc2)c1. The molecular weight excluding hydrogens is 452 g/mol. The molecule has 3 heterocycles. The van der Waals surface area contributed by atoms with Crippen molar-refractivity contribution in [3.05, 3.63) is 83.1 Å². The van der Waals surface area contributed by atoms with Crippen LogP contribution in [-0.4, -0.2) is 46.4 Å². The van der Waals surface area contributed by atoms with Crippen LogP contribution in [0.15, 0.2) is 67.0 Å². The summed E-state index contributed by atoms with van der Waals surface area (Å²) in [6, 6.07) is 15.5. The van der Waals surface area contributed by atoms with E-state index in [0.717, 1.165) is 31.5 Å². The van der Waals surface area contributed by atoms with Crippen LogP contribution < -0.4 is 16.0 Å². The Labute approximate surface area is 202 Å². The summed E-state index contributed by atoms with van der Waals surface area (Å²) in [5.41, 5.74) is 7.74. The first-order valence-electron chi connectivity index (χ1n) is 11.2. The Hall–Kier alpha value is -3.65. The Bertz CT molecular complexity index is 1210. The van der Waals surface area contributed by atoms with E-state index in [1.54, 1.807) is 47.6 Å². The van der Waals surface area contributed by atoms with Crippen LogP contribution in [0, 0.1) is 5.41 Å². The number of amides is 3. The fraction of sp³-hybridized carbons (Fsp3) is 0.280. The molecule has 2 saturated heterocycles. The van der Waals surface area contributed by atoms with E-state index in [9.17, 15) is 9.59 Å². The average Bonchev–Trinajstić information content (AvgIpc) is 3.45. The molecule has 2 unspecified atom stereocenters. The Morgan fingerprint density at radius 1 is 1.03 bits per heavy atom. The molecule has 0 saturated carbocycles. The number of nitrogens with one attached hydrogen (secondary N) is 1. The van der Waals surface area contributed by atoms with Crippen LogP contribution in [0.2, 0.25) is 5.02 Å². The number of halogens is 1. The molecule has 2 atom stereocenters. The van der Waals surface area contributed by atoms with Gasteiger partial charge in [-0.05, 0) is 60.9 Å². The van der Waals surface area contributed by atoms with Crippen LogP contribution >= 0.6 is 11.6 Å². The number of hydrogen-bond acceptors (Lipinski definition) is 5. The van der Waals surface area contributed by atoms with E-state index in [2.05, 4.69) is 20.2 Å². The van der Waals surface area contributed by atoms with Gasteiger partial charge in [-0.2, -0.15) is 0 Å². The molecule has 2 aliphatic heterocycles. The lowest BCUT2D eigenvalue weighted by Crippen LogP contribution is -2.40. The molecular formula is C25H25ClN6O2. The third-order valence-corrected chi connectivity index (χ3v) is 7.06.